The Morgan fingerprint density at radius 3 is 2.70 bits per heavy atom. The van der Waals surface area contributed by atoms with Crippen molar-refractivity contribution in [1.29, 1.82) is 0 Å². The summed E-state index contributed by atoms with van der Waals surface area (Å²) in [6.07, 6.45) is -2.01. The van der Waals surface area contributed by atoms with Crippen molar-refractivity contribution in [2.75, 3.05) is 6.54 Å². The minimum atomic E-state index is -4.38. The second-order valence-electron chi connectivity index (χ2n) is 6.30. The van der Waals surface area contributed by atoms with Crippen LogP contribution in [0, 0.1) is 0 Å². The number of benzene rings is 1. The van der Waals surface area contributed by atoms with Gasteiger partial charge < -0.3 is 10.6 Å². The normalized spacial score (nSPS) is 17.9. The fraction of sp³-hybridized carbons (Fsp3) is 0.389. The van der Waals surface area contributed by atoms with E-state index in [1.54, 1.807) is 5.38 Å². The van der Waals surface area contributed by atoms with Gasteiger partial charge in [-0.05, 0) is 31.4 Å². The summed E-state index contributed by atoms with van der Waals surface area (Å²) in [5.74, 6) is -0.481. The molecule has 3 rings (SSSR count). The molecule has 2 N–H and O–H groups in total. The van der Waals surface area contributed by atoms with E-state index in [4.69, 9.17) is 0 Å². The van der Waals surface area contributed by atoms with Gasteiger partial charge in [-0.2, -0.15) is 13.2 Å². The van der Waals surface area contributed by atoms with Crippen molar-refractivity contribution >= 4 is 23.2 Å². The van der Waals surface area contributed by atoms with E-state index in [1.165, 1.54) is 23.5 Å². The van der Waals surface area contributed by atoms with Crippen molar-refractivity contribution in [1.82, 2.24) is 15.6 Å². The topological polar surface area (TPSA) is 71.1 Å². The Balaban J connectivity index is 1.62. The Bertz CT molecular complexity index is 818. The lowest BCUT2D eigenvalue weighted by molar-refractivity contribution is -0.137. The van der Waals surface area contributed by atoms with Crippen LogP contribution in [-0.2, 0) is 22.2 Å². The van der Waals surface area contributed by atoms with Crippen molar-refractivity contribution in [3.63, 3.8) is 0 Å². The summed E-state index contributed by atoms with van der Waals surface area (Å²) < 4.78 is 37.9. The molecule has 5 nitrogen and oxygen atoms in total. The minimum Gasteiger partial charge on any atom is -0.354 e. The monoisotopic (exact) mass is 397 g/mol. The Morgan fingerprint density at radius 2 is 2.00 bits per heavy atom. The van der Waals surface area contributed by atoms with Gasteiger partial charge in [-0.1, -0.05) is 12.1 Å². The average Bonchev–Trinajstić information content (AvgIpc) is 2.98. The fourth-order valence-electron chi connectivity index (χ4n) is 2.81. The average molecular weight is 397 g/mol. The largest absolute Gasteiger partial charge is 0.416 e. The van der Waals surface area contributed by atoms with Gasteiger partial charge >= 0.3 is 6.18 Å². The van der Waals surface area contributed by atoms with Gasteiger partial charge in [0.2, 0.25) is 11.8 Å². The molecule has 1 atom stereocenters. The van der Waals surface area contributed by atoms with Gasteiger partial charge in [-0.3, -0.25) is 9.59 Å². The van der Waals surface area contributed by atoms with E-state index in [9.17, 15) is 22.8 Å². The number of nitrogens with one attached hydrogen (secondary N) is 2. The molecule has 0 unspecified atom stereocenters. The predicted octanol–water partition coefficient (Wildman–Crippen LogP) is 3.16. The summed E-state index contributed by atoms with van der Waals surface area (Å²) in [7, 11) is 0. The first-order chi connectivity index (χ1) is 12.8. The molecular weight excluding hydrogens is 379 g/mol. The maximum absolute atomic E-state index is 12.6. The number of halogens is 3. The molecule has 1 saturated heterocycles. The minimum absolute atomic E-state index is 0.0148. The van der Waals surface area contributed by atoms with Crippen LogP contribution in [0.4, 0.5) is 13.2 Å². The SMILES string of the molecule is O=C(Cc1csc(-c2ccc(C(F)(F)F)cc2)n1)N[C@H]1CCCCNC1=O. The Morgan fingerprint density at radius 1 is 1.26 bits per heavy atom. The van der Waals surface area contributed by atoms with E-state index in [1.807, 2.05) is 0 Å². The molecule has 2 heterocycles. The molecule has 0 saturated carbocycles. The molecule has 1 aromatic carbocycles. The number of aromatic nitrogens is 1. The van der Waals surface area contributed by atoms with Crippen LogP contribution in [0.25, 0.3) is 10.6 Å². The highest BCUT2D eigenvalue weighted by Gasteiger charge is 2.30. The third-order valence-corrected chi connectivity index (χ3v) is 5.16. The Kier molecular flexibility index (Phi) is 5.79. The van der Waals surface area contributed by atoms with Crippen molar-refractivity contribution in [3.05, 3.63) is 40.9 Å². The van der Waals surface area contributed by atoms with Gasteiger partial charge in [-0.15, -0.1) is 11.3 Å². The van der Waals surface area contributed by atoms with Crippen LogP contribution in [0.1, 0.15) is 30.5 Å². The molecule has 0 spiro atoms. The number of hydrogen-bond acceptors (Lipinski definition) is 4. The lowest BCUT2D eigenvalue weighted by Crippen LogP contribution is -2.46. The fourth-order valence-corrected chi connectivity index (χ4v) is 3.64. The molecule has 1 aliphatic heterocycles. The molecule has 1 aliphatic rings. The van der Waals surface area contributed by atoms with E-state index < -0.39 is 17.8 Å². The highest BCUT2D eigenvalue weighted by Crippen LogP contribution is 2.31. The van der Waals surface area contributed by atoms with E-state index >= 15 is 0 Å². The maximum Gasteiger partial charge on any atom is 0.416 e. The molecule has 144 valence electrons. The van der Waals surface area contributed by atoms with Crippen molar-refractivity contribution in [2.24, 2.45) is 0 Å². The molecule has 27 heavy (non-hydrogen) atoms. The number of thiazole rings is 1. The molecule has 2 aromatic rings. The molecule has 9 heteroatoms. The van der Waals surface area contributed by atoms with Crippen LogP contribution in [0.15, 0.2) is 29.6 Å². The molecule has 1 aromatic heterocycles. The molecular formula is C18H18F3N3O2S. The van der Waals surface area contributed by atoms with Crippen LogP contribution in [-0.4, -0.2) is 29.4 Å². The lowest BCUT2D eigenvalue weighted by atomic mass is 10.1. The van der Waals surface area contributed by atoms with E-state index in [-0.39, 0.29) is 18.2 Å². The number of amides is 2. The second-order valence-corrected chi connectivity index (χ2v) is 7.16. The van der Waals surface area contributed by atoms with Crippen molar-refractivity contribution < 1.29 is 22.8 Å². The van der Waals surface area contributed by atoms with E-state index in [0.717, 1.165) is 25.0 Å². The molecule has 0 radical (unpaired) electrons. The quantitative estimate of drug-likeness (QED) is 0.833. The number of nitrogens with zero attached hydrogens (tertiary/aromatic N) is 1. The summed E-state index contributed by atoms with van der Waals surface area (Å²) >= 11 is 1.26. The third-order valence-electron chi connectivity index (χ3n) is 4.22. The number of rotatable bonds is 4. The van der Waals surface area contributed by atoms with Crippen LogP contribution in [0.2, 0.25) is 0 Å². The summed E-state index contributed by atoms with van der Waals surface area (Å²) in [6.45, 7) is 0.619. The zero-order valence-corrected chi connectivity index (χ0v) is 15.1. The highest BCUT2D eigenvalue weighted by molar-refractivity contribution is 7.13. The first-order valence-corrected chi connectivity index (χ1v) is 9.40. The van der Waals surface area contributed by atoms with Gasteiger partial charge in [0.15, 0.2) is 0 Å². The van der Waals surface area contributed by atoms with Gasteiger partial charge in [0.05, 0.1) is 17.7 Å². The zero-order chi connectivity index (χ0) is 19.4. The number of carbonyl (C=O) groups is 2. The van der Waals surface area contributed by atoms with Crippen LogP contribution >= 0.6 is 11.3 Å². The van der Waals surface area contributed by atoms with Gasteiger partial charge in [0.25, 0.3) is 0 Å². The molecule has 1 fully saturated rings. The number of carbonyl (C=O) groups excluding carboxylic acids is 2. The molecule has 0 aliphatic carbocycles. The first kappa shape index (κ1) is 19.3. The van der Waals surface area contributed by atoms with Crippen LogP contribution < -0.4 is 10.6 Å². The maximum atomic E-state index is 12.6. The van der Waals surface area contributed by atoms with Gasteiger partial charge in [-0.25, -0.2) is 4.98 Å². The lowest BCUT2D eigenvalue weighted by Gasteiger charge is -2.14. The zero-order valence-electron chi connectivity index (χ0n) is 14.3. The van der Waals surface area contributed by atoms with Crippen molar-refractivity contribution in [2.45, 2.75) is 37.9 Å². The number of alkyl halides is 3. The van der Waals surface area contributed by atoms with Gasteiger partial charge in [0, 0.05) is 17.5 Å². The summed E-state index contributed by atoms with van der Waals surface area (Å²) in [5, 5.41) is 7.71. The molecule has 0 bridgehead atoms. The number of hydrogen-bond donors (Lipinski definition) is 2. The van der Waals surface area contributed by atoms with Gasteiger partial charge in [0.1, 0.15) is 11.0 Å². The summed E-state index contributed by atoms with van der Waals surface area (Å²) in [4.78, 5) is 28.4. The first-order valence-electron chi connectivity index (χ1n) is 8.52. The van der Waals surface area contributed by atoms with E-state index in [0.29, 0.717) is 29.2 Å². The van der Waals surface area contributed by atoms with Crippen molar-refractivity contribution in [3.8, 4) is 10.6 Å². The predicted molar refractivity (Wildman–Crippen MR) is 95.0 cm³/mol. The summed E-state index contributed by atoms with van der Waals surface area (Å²) in [6, 6.07) is 4.21. The second kappa shape index (κ2) is 8.08. The van der Waals surface area contributed by atoms with Crippen LogP contribution in [0.5, 0.6) is 0 Å². The Hall–Kier alpha value is -2.42. The Labute approximate surface area is 158 Å². The summed E-state index contributed by atoms with van der Waals surface area (Å²) in [5.41, 5.74) is 0.355. The third kappa shape index (κ3) is 5.06. The van der Waals surface area contributed by atoms with Crippen LogP contribution in [0.3, 0.4) is 0 Å². The smallest absolute Gasteiger partial charge is 0.354 e. The molecule has 2 amide bonds. The van der Waals surface area contributed by atoms with E-state index in [2.05, 4.69) is 15.6 Å². The highest BCUT2D eigenvalue weighted by atomic mass is 32.1. The standard InChI is InChI=1S/C18H18F3N3O2S/c19-18(20,21)12-6-4-11(5-7-12)17-23-13(10-27-17)9-15(25)24-14-3-1-2-8-22-16(14)26/h4-7,10,14H,1-3,8-9H2,(H,22,26)(H,24,25)/t14-/m0/s1.